The summed E-state index contributed by atoms with van der Waals surface area (Å²) in [5.74, 6) is 0.223. The van der Waals surface area contributed by atoms with Crippen LogP contribution < -0.4 is 11.1 Å². The third kappa shape index (κ3) is 2.80. The Labute approximate surface area is 119 Å². The highest BCUT2D eigenvalue weighted by atomic mass is 16.4. The van der Waals surface area contributed by atoms with Gasteiger partial charge in [0.25, 0.3) is 0 Å². The quantitative estimate of drug-likeness (QED) is 0.880. The van der Waals surface area contributed by atoms with E-state index in [-0.39, 0.29) is 11.8 Å². The number of oxazole rings is 1. The summed E-state index contributed by atoms with van der Waals surface area (Å²) in [5, 5.41) is 3.48. The number of hydrogen-bond donors (Lipinski definition) is 1. The first-order chi connectivity index (χ1) is 9.58. The minimum Gasteiger partial charge on any atom is -0.408 e. The standard InChI is InChI=1S/C16H24N2O2/c1-5-9-18-13-8-7-12(10-14(13)20-16(18)19)15(11(3)4)17-6-2/h7-8,10-11,15,17H,5-6,9H2,1-4H3. The molecule has 2 rings (SSSR count). The second-order valence-electron chi connectivity index (χ2n) is 5.53. The third-order valence-corrected chi connectivity index (χ3v) is 3.59. The molecule has 2 aromatic rings. The fourth-order valence-corrected chi connectivity index (χ4v) is 2.67. The third-order valence-electron chi connectivity index (χ3n) is 3.59. The van der Waals surface area contributed by atoms with Crippen molar-refractivity contribution in [1.82, 2.24) is 9.88 Å². The highest BCUT2D eigenvalue weighted by molar-refractivity contribution is 5.74. The van der Waals surface area contributed by atoms with Gasteiger partial charge in [0.15, 0.2) is 5.58 Å². The topological polar surface area (TPSA) is 47.2 Å². The average Bonchev–Trinajstić information content (AvgIpc) is 2.72. The molecule has 1 atom stereocenters. The Bertz CT molecular complexity index is 625. The molecule has 0 saturated carbocycles. The number of nitrogens with one attached hydrogen (secondary N) is 1. The molecule has 0 aliphatic rings. The summed E-state index contributed by atoms with van der Waals surface area (Å²) in [6.07, 6.45) is 0.919. The van der Waals surface area contributed by atoms with Crippen LogP contribution in [0.1, 0.15) is 45.7 Å². The highest BCUT2D eigenvalue weighted by Crippen LogP contribution is 2.25. The van der Waals surface area contributed by atoms with Gasteiger partial charge in [0.05, 0.1) is 5.52 Å². The molecule has 1 aromatic carbocycles. The van der Waals surface area contributed by atoms with Gasteiger partial charge < -0.3 is 9.73 Å². The largest absolute Gasteiger partial charge is 0.419 e. The predicted molar refractivity (Wildman–Crippen MR) is 82.0 cm³/mol. The number of aryl methyl sites for hydroxylation is 1. The zero-order valence-corrected chi connectivity index (χ0v) is 12.8. The van der Waals surface area contributed by atoms with Crippen molar-refractivity contribution in [2.75, 3.05) is 6.54 Å². The molecule has 0 fully saturated rings. The number of fused-ring (bicyclic) bond motifs is 1. The SMILES string of the molecule is CCCn1c(=O)oc2cc(C(NCC)C(C)C)ccc21. The van der Waals surface area contributed by atoms with Crippen LogP contribution in [0, 0.1) is 5.92 Å². The second-order valence-corrected chi connectivity index (χ2v) is 5.53. The van der Waals surface area contributed by atoms with E-state index < -0.39 is 0 Å². The van der Waals surface area contributed by atoms with Crippen LogP contribution in [0.3, 0.4) is 0 Å². The van der Waals surface area contributed by atoms with Crippen molar-refractivity contribution in [3.8, 4) is 0 Å². The minimum atomic E-state index is -0.261. The van der Waals surface area contributed by atoms with Crippen molar-refractivity contribution in [2.24, 2.45) is 5.92 Å². The maximum absolute atomic E-state index is 11.8. The van der Waals surface area contributed by atoms with Crippen molar-refractivity contribution in [1.29, 1.82) is 0 Å². The molecule has 0 aliphatic heterocycles. The summed E-state index contributed by atoms with van der Waals surface area (Å²) in [5.41, 5.74) is 2.75. The number of benzene rings is 1. The lowest BCUT2D eigenvalue weighted by Crippen LogP contribution is -2.25. The highest BCUT2D eigenvalue weighted by Gasteiger charge is 2.17. The number of nitrogens with zero attached hydrogens (tertiary/aromatic N) is 1. The Balaban J connectivity index is 2.46. The summed E-state index contributed by atoms with van der Waals surface area (Å²) in [6.45, 7) is 10.2. The lowest BCUT2D eigenvalue weighted by Gasteiger charge is -2.22. The van der Waals surface area contributed by atoms with Crippen molar-refractivity contribution in [3.05, 3.63) is 34.3 Å². The molecule has 0 aliphatic carbocycles. The van der Waals surface area contributed by atoms with Crippen LogP contribution >= 0.6 is 0 Å². The van der Waals surface area contributed by atoms with Crippen LogP contribution in [0.15, 0.2) is 27.4 Å². The van der Waals surface area contributed by atoms with Crippen LogP contribution in [-0.4, -0.2) is 11.1 Å². The average molecular weight is 276 g/mol. The van der Waals surface area contributed by atoms with E-state index in [2.05, 4.69) is 39.1 Å². The van der Waals surface area contributed by atoms with Crippen molar-refractivity contribution in [2.45, 2.75) is 46.7 Å². The summed E-state index contributed by atoms with van der Waals surface area (Å²) in [6, 6.07) is 6.37. The maximum Gasteiger partial charge on any atom is 0.419 e. The summed E-state index contributed by atoms with van der Waals surface area (Å²) in [7, 11) is 0. The Kier molecular flexibility index (Phi) is 4.65. The van der Waals surface area contributed by atoms with E-state index >= 15 is 0 Å². The second kappa shape index (κ2) is 6.27. The van der Waals surface area contributed by atoms with Gasteiger partial charge in [0.1, 0.15) is 0 Å². The fraction of sp³-hybridized carbons (Fsp3) is 0.562. The molecule has 1 heterocycles. The van der Waals surface area contributed by atoms with E-state index in [1.54, 1.807) is 4.57 Å². The smallest absolute Gasteiger partial charge is 0.408 e. The molecule has 1 unspecified atom stereocenters. The first-order valence-corrected chi connectivity index (χ1v) is 7.45. The summed E-state index contributed by atoms with van der Waals surface area (Å²) >= 11 is 0. The summed E-state index contributed by atoms with van der Waals surface area (Å²) in [4.78, 5) is 11.8. The van der Waals surface area contributed by atoms with Crippen molar-refractivity contribution >= 4 is 11.1 Å². The van der Waals surface area contributed by atoms with E-state index in [0.29, 0.717) is 18.0 Å². The van der Waals surface area contributed by atoms with E-state index in [1.165, 1.54) is 5.56 Å². The van der Waals surface area contributed by atoms with Gasteiger partial charge in [0.2, 0.25) is 0 Å². The lowest BCUT2D eigenvalue weighted by molar-refractivity contribution is 0.421. The number of rotatable bonds is 6. The van der Waals surface area contributed by atoms with Crippen LogP contribution in [0.25, 0.3) is 11.1 Å². The van der Waals surface area contributed by atoms with Crippen molar-refractivity contribution in [3.63, 3.8) is 0 Å². The minimum absolute atomic E-state index is 0.261. The Hall–Kier alpha value is -1.55. The van der Waals surface area contributed by atoms with Crippen LogP contribution in [0.5, 0.6) is 0 Å². The first-order valence-electron chi connectivity index (χ1n) is 7.45. The molecular weight excluding hydrogens is 252 g/mol. The molecular formula is C16H24N2O2. The molecule has 20 heavy (non-hydrogen) atoms. The first kappa shape index (κ1) is 14.9. The lowest BCUT2D eigenvalue weighted by atomic mass is 9.96. The zero-order valence-electron chi connectivity index (χ0n) is 12.8. The predicted octanol–water partition coefficient (Wildman–Crippen LogP) is 3.31. The van der Waals surface area contributed by atoms with Gasteiger partial charge in [0, 0.05) is 12.6 Å². The van der Waals surface area contributed by atoms with Gasteiger partial charge in [-0.05, 0) is 36.6 Å². The van der Waals surface area contributed by atoms with Crippen LogP contribution in [0.2, 0.25) is 0 Å². The Morgan fingerprint density at radius 2 is 2.05 bits per heavy atom. The van der Waals surface area contributed by atoms with Gasteiger partial charge in [-0.1, -0.05) is 33.8 Å². The normalized spacial score (nSPS) is 13.2. The fourth-order valence-electron chi connectivity index (χ4n) is 2.67. The monoisotopic (exact) mass is 276 g/mol. The molecule has 4 heteroatoms. The van der Waals surface area contributed by atoms with Crippen molar-refractivity contribution < 1.29 is 4.42 Å². The van der Waals surface area contributed by atoms with Gasteiger partial charge in [-0.3, -0.25) is 4.57 Å². The maximum atomic E-state index is 11.8. The van der Waals surface area contributed by atoms with Gasteiger partial charge in [-0.15, -0.1) is 0 Å². The molecule has 0 saturated heterocycles. The van der Waals surface area contributed by atoms with Gasteiger partial charge in [-0.2, -0.15) is 0 Å². The molecule has 0 bridgehead atoms. The van der Waals surface area contributed by atoms with E-state index in [4.69, 9.17) is 4.42 Å². The number of aromatic nitrogens is 1. The Morgan fingerprint density at radius 1 is 1.30 bits per heavy atom. The van der Waals surface area contributed by atoms with E-state index in [9.17, 15) is 4.79 Å². The van der Waals surface area contributed by atoms with Crippen LogP contribution in [0.4, 0.5) is 0 Å². The van der Waals surface area contributed by atoms with E-state index in [1.807, 2.05) is 12.1 Å². The molecule has 0 radical (unpaired) electrons. The molecule has 1 N–H and O–H groups in total. The molecule has 0 amide bonds. The molecule has 4 nitrogen and oxygen atoms in total. The van der Waals surface area contributed by atoms with Gasteiger partial charge in [-0.25, -0.2) is 4.79 Å². The molecule has 0 spiro atoms. The molecule has 110 valence electrons. The molecule has 1 aromatic heterocycles. The van der Waals surface area contributed by atoms with Gasteiger partial charge >= 0.3 is 5.76 Å². The number of hydrogen-bond acceptors (Lipinski definition) is 3. The summed E-state index contributed by atoms with van der Waals surface area (Å²) < 4.78 is 7.09. The Morgan fingerprint density at radius 3 is 2.65 bits per heavy atom. The van der Waals surface area contributed by atoms with Crippen LogP contribution in [-0.2, 0) is 6.54 Å². The zero-order chi connectivity index (χ0) is 14.7. The van der Waals surface area contributed by atoms with E-state index in [0.717, 1.165) is 18.5 Å².